The number of halogens is 3. The molecule has 3 rings (SSSR count). The van der Waals surface area contributed by atoms with Crippen molar-refractivity contribution < 1.29 is 27.4 Å². The molecule has 0 atom stereocenters. The lowest BCUT2D eigenvalue weighted by molar-refractivity contribution is -0.0501. The minimum Gasteiger partial charge on any atom is -0.496 e. The van der Waals surface area contributed by atoms with Gasteiger partial charge in [0.25, 0.3) is 5.91 Å². The normalized spacial score (nSPS) is 10.8. The van der Waals surface area contributed by atoms with E-state index in [4.69, 9.17) is 4.74 Å². The van der Waals surface area contributed by atoms with E-state index in [0.717, 1.165) is 0 Å². The van der Waals surface area contributed by atoms with Gasteiger partial charge in [-0.1, -0.05) is 12.1 Å². The Morgan fingerprint density at radius 3 is 2.75 bits per heavy atom. The maximum Gasteiger partial charge on any atom is 0.387 e. The number of hydrogen-bond acceptors (Lipinski definition) is 5. The number of benzene rings is 2. The molecule has 0 saturated heterocycles. The van der Waals surface area contributed by atoms with Gasteiger partial charge in [-0.2, -0.15) is 13.9 Å². The molecule has 2 aromatic carbocycles. The van der Waals surface area contributed by atoms with Crippen LogP contribution in [0.3, 0.4) is 0 Å². The first kappa shape index (κ1) is 19.2. The number of alkyl halides is 2. The zero-order valence-corrected chi connectivity index (χ0v) is 14.6. The number of H-pyrrole nitrogens is 1. The summed E-state index contributed by atoms with van der Waals surface area (Å²) in [5, 5.41) is 9.14. The van der Waals surface area contributed by atoms with Crippen molar-refractivity contribution in [3.8, 4) is 22.9 Å². The zero-order valence-electron chi connectivity index (χ0n) is 14.6. The number of methoxy groups -OCH3 is 1. The molecular formula is C18H15F3N4O3. The van der Waals surface area contributed by atoms with Crippen molar-refractivity contribution in [1.29, 1.82) is 0 Å². The lowest BCUT2D eigenvalue weighted by Gasteiger charge is -2.10. The SMILES string of the molecule is COc1ccc(F)cc1-c1n[nH]c(CNC(=O)c2ccccc2OC(F)F)n1. The number of aromatic nitrogens is 3. The molecular weight excluding hydrogens is 377 g/mol. The third-order valence-corrected chi connectivity index (χ3v) is 3.70. The van der Waals surface area contributed by atoms with E-state index in [1.165, 1.54) is 49.6 Å². The number of carbonyl (C=O) groups is 1. The molecule has 0 aliphatic heterocycles. The van der Waals surface area contributed by atoms with Gasteiger partial charge >= 0.3 is 6.61 Å². The Hall–Kier alpha value is -3.56. The minimum atomic E-state index is -3.05. The molecule has 1 amide bonds. The average Bonchev–Trinajstić information content (AvgIpc) is 3.15. The van der Waals surface area contributed by atoms with E-state index in [1.807, 2.05) is 0 Å². The molecule has 1 aromatic heterocycles. The lowest BCUT2D eigenvalue weighted by Crippen LogP contribution is -2.24. The molecule has 0 saturated carbocycles. The van der Waals surface area contributed by atoms with Gasteiger partial charge in [-0.25, -0.2) is 9.37 Å². The quantitative estimate of drug-likeness (QED) is 0.645. The number of nitrogens with one attached hydrogen (secondary N) is 2. The Morgan fingerprint density at radius 2 is 2.00 bits per heavy atom. The predicted molar refractivity (Wildman–Crippen MR) is 92.6 cm³/mol. The molecule has 146 valence electrons. The van der Waals surface area contributed by atoms with E-state index >= 15 is 0 Å². The number of hydrogen-bond donors (Lipinski definition) is 2. The molecule has 0 bridgehead atoms. The molecule has 7 nitrogen and oxygen atoms in total. The van der Waals surface area contributed by atoms with Crippen molar-refractivity contribution in [3.63, 3.8) is 0 Å². The van der Waals surface area contributed by atoms with Gasteiger partial charge in [0.05, 0.1) is 24.8 Å². The van der Waals surface area contributed by atoms with Gasteiger partial charge in [0.2, 0.25) is 0 Å². The van der Waals surface area contributed by atoms with Crippen LogP contribution in [-0.2, 0) is 6.54 Å². The Labute approximate surface area is 157 Å². The van der Waals surface area contributed by atoms with Crippen LogP contribution in [0.4, 0.5) is 13.2 Å². The Bertz CT molecular complexity index is 978. The number of rotatable bonds is 7. The van der Waals surface area contributed by atoms with Gasteiger partial charge < -0.3 is 14.8 Å². The maximum absolute atomic E-state index is 13.5. The summed E-state index contributed by atoms with van der Waals surface area (Å²) in [5.41, 5.74) is 0.293. The summed E-state index contributed by atoms with van der Waals surface area (Å²) in [6.07, 6.45) is 0. The molecule has 2 N–H and O–H groups in total. The van der Waals surface area contributed by atoms with Gasteiger partial charge in [0.15, 0.2) is 5.82 Å². The van der Waals surface area contributed by atoms with Crippen LogP contribution < -0.4 is 14.8 Å². The molecule has 0 spiro atoms. The van der Waals surface area contributed by atoms with Crippen molar-refractivity contribution in [2.75, 3.05) is 7.11 Å². The molecule has 3 aromatic rings. The second-order valence-corrected chi connectivity index (χ2v) is 5.51. The smallest absolute Gasteiger partial charge is 0.387 e. The van der Waals surface area contributed by atoms with Crippen LogP contribution in [0, 0.1) is 5.82 Å². The first-order valence-corrected chi connectivity index (χ1v) is 8.05. The fourth-order valence-corrected chi connectivity index (χ4v) is 2.46. The second-order valence-electron chi connectivity index (χ2n) is 5.51. The van der Waals surface area contributed by atoms with E-state index in [2.05, 4.69) is 25.2 Å². The zero-order chi connectivity index (χ0) is 20.1. The molecule has 0 fully saturated rings. The Balaban J connectivity index is 1.72. The van der Waals surface area contributed by atoms with Crippen LogP contribution in [0.5, 0.6) is 11.5 Å². The largest absolute Gasteiger partial charge is 0.496 e. The average molecular weight is 392 g/mol. The second kappa shape index (κ2) is 8.42. The van der Waals surface area contributed by atoms with Crippen LogP contribution in [0.1, 0.15) is 16.2 Å². The summed E-state index contributed by atoms with van der Waals surface area (Å²) in [4.78, 5) is 16.5. The summed E-state index contributed by atoms with van der Waals surface area (Å²) in [5.74, 6) is -0.501. The summed E-state index contributed by atoms with van der Waals surface area (Å²) in [7, 11) is 1.43. The molecule has 0 aliphatic rings. The number of carbonyl (C=O) groups excluding carboxylic acids is 1. The van der Waals surface area contributed by atoms with Crippen molar-refractivity contribution in [3.05, 3.63) is 59.7 Å². The standard InChI is InChI=1S/C18H15F3N4O3/c1-27-13-7-6-10(19)8-12(13)16-23-15(24-25-16)9-22-17(26)11-4-2-3-5-14(11)28-18(20)21/h2-8,18H,9H2,1H3,(H,22,26)(H,23,24,25). The van der Waals surface area contributed by atoms with Gasteiger partial charge in [-0.3, -0.25) is 9.89 Å². The molecule has 1 heterocycles. The highest BCUT2D eigenvalue weighted by Gasteiger charge is 2.17. The van der Waals surface area contributed by atoms with Crippen LogP contribution in [0.25, 0.3) is 11.4 Å². The lowest BCUT2D eigenvalue weighted by atomic mass is 10.2. The third kappa shape index (κ3) is 4.40. The molecule has 0 radical (unpaired) electrons. The Morgan fingerprint density at radius 1 is 1.21 bits per heavy atom. The summed E-state index contributed by atoms with van der Waals surface area (Å²) >= 11 is 0. The van der Waals surface area contributed by atoms with E-state index in [1.54, 1.807) is 0 Å². The molecule has 0 aliphatic carbocycles. The van der Waals surface area contributed by atoms with Gasteiger partial charge in [0.1, 0.15) is 23.1 Å². The molecule has 0 unspecified atom stereocenters. The van der Waals surface area contributed by atoms with E-state index in [9.17, 15) is 18.0 Å². The molecule has 28 heavy (non-hydrogen) atoms. The first-order valence-electron chi connectivity index (χ1n) is 8.05. The number of nitrogens with zero attached hydrogens (tertiary/aromatic N) is 2. The van der Waals surface area contributed by atoms with E-state index in [-0.39, 0.29) is 29.5 Å². The highest BCUT2D eigenvalue weighted by atomic mass is 19.3. The maximum atomic E-state index is 13.5. The van der Waals surface area contributed by atoms with Crippen molar-refractivity contribution in [1.82, 2.24) is 20.5 Å². The number of amides is 1. The number of ether oxygens (including phenoxy) is 2. The highest BCUT2D eigenvalue weighted by molar-refractivity contribution is 5.96. The minimum absolute atomic E-state index is 0.0469. The van der Waals surface area contributed by atoms with Crippen molar-refractivity contribution in [2.24, 2.45) is 0 Å². The van der Waals surface area contributed by atoms with E-state index < -0.39 is 18.3 Å². The fourth-order valence-electron chi connectivity index (χ4n) is 2.46. The number of para-hydroxylation sites is 1. The predicted octanol–water partition coefficient (Wildman–Crippen LogP) is 3.15. The van der Waals surface area contributed by atoms with Crippen LogP contribution in [0.2, 0.25) is 0 Å². The molecule has 10 heteroatoms. The van der Waals surface area contributed by atoms with Crippen LogP contribution in [0.15, 0.2) is 42.5 Å². The Kier molecular flexibility index (Phi) is 5.78. The van der Waals surface area contributed by atoms with Gasteiger partial charge in [-0.15, -0.1) is 0 Å². The highest BCUT2D eigenvalue weighted by Crippen LogP contribution is 2.28. The first-order chi connectivity index (χ1) is 13.5. The topological polar surface area (TPSA) is 89.1 Å². The van der Waals surface area contributed by atoms with Crippen LogP contribution in [-0.4, -0.2) is 34.8 Å². The van der Waals surface area contributed by atoms with E-state index in [0.29, 0.717) is 11.3 Å². The summed E-state index contributed by atoms with van der Waals surface area (Å²) in [6, 6.07) is 9.54. The van der Waals surface area contributed by atoms with Crippen LogP contribution >= 0.6 is 0 Å². The number of aromatic amines is 1. The summed E-state index contributed by atoms with van der Waals surface area (Å²) < 4.78 is 47.9. The fraction of sp³-hybridized carbons (Fsp3) is 0.167. The van der Waals surface area contributed by atoms with Crippen molar-refractivity contribution in [2.45, 2.75) is 13.2 Å². The third-order valence-electron chi connectivity index (χ3n) is 3.70. The monoisotopic (exact) mass is 392 g/mol. The van der Waals surface area contributed by atoms with Gasteiger partial charge in [-0.05, 0) is 30.3 Å². The van der Waals surface area contributed by atoms with Gasteiger partial charge in [0, 0.05) is 0 Å². The summed E-state index contributed by atoms with van der Waals surface area (Å²) in [6.45, 7) is -3.11. The van der Waals surface area contributed by atoms with Crippen molar-refractivity contribution >= 4 is 5.91 Å².